The highest BCUT2D eigenvalue weighted by Gasteiger charge is 2.17. The van der Waals surface area contributed by atoms with Crippen LogP contribution in [0.25, 0.3) is 10.6 Å². The van der Waals surface area contributed by atoms with E-state index in [-0.39, 0.29) is 17.2 Å². The van der Waals surface area contributed by atoms with E-state index < -0.39 is 10.9 Å². The number of hydrogen-bond acceptors (Lipinski definition) is 6. The quantitative estimate of drug-likeness (QED) is 0.489. The molecule has 0 aliphatic carbocycles. The Kier molecular flexibility index (Phi) is 4.32. The average Bonchev–Trinajstić information content (AvgIpc) is 2.96. The molecule has 2 rings (SSSR count). The van der Waals surface area contributed by atoms with Gasteiger partial charge in [0.25, 0.3) is 5.69 Å². The molecule has 21 heavy (non-hydrogen) atoms. The first-order valence-corrected chi connectivity index (χ1v) is 7.14. The van der Waals surface area contributed by atoms with E-state index in [1.54, 1.807) is 6.07 Å². The van der Waals surface area contributed by atoms with Gasteiger partial charge in [-0.2, -0.15) is 0 Å². The van der Waals surface area contributed by atoms with Gasteiger partial charge in [0.15, 0.2) is 0 Å². The maximum absolute atomic E-state index is 11.6. The summed E-state index contributed by atoms with van der Waals surface area (Å²) in [5, 5.41) is 13.6. The number of carbonyl (C=O) groups excluding carboxylic acids is 1. The van der Waals surface area contributed by atoms with Crippen LogP contribution in [-0.4, -0.2) is 23.0 Å². The first-order valence-electron chi connectivity index (χ1n) is 6.26. The summed E-state index contributed by atoms with van der Waals surface area (Å²) in [6.07, 6.45) is 0. The zero-order valence-corrected chi connectivity index (χ0v) is 12.6. The van der Waals surface area contributed by atoms with Gasteiger partial charge in [-0.3, -0.25) is 10.1 Å². The summed E-state index contributed by atoms with van der Waals surface area (Å²) in [6, 6.07) is 4.17. The van der Waals surface area contributed by atoms with Crippen LogP contribution in [-0.2, 0) is 4.74 Å². The smallest absolute Gasteiger partial charge is 0.338 e. The minimum absolute atomic E-state index is 0.142. The van der Waals surface area contributed by atoms with Gasteiger partial charge in [-0.25, -0.2) is 9.78 Å². The maximum Gasteiger partial charge on any atom is 0.338 e. The number of nitro groups is 1. The van der Waals surface area contributed by atoms with Crippen LogP contribution in [0.2, 0.25) is 0 Å². The van der Waals surface area contributed by atoms with Gasteiger partial charge in [0.05, 0.1) is 23.3 Å². The van der Waals surface area contributed by atoms with Crippen molar-refractivity contribution in [2.45, 2.75) is 19.8 Å². The number of benzene rings is 1. The molecule has 0 amide bonds. The van der Waals surface area contributed by atoms with Crippen molar-refractivity contribution < 1.29 is 14.5 Å². The van der Waals surface area contributed by atoms with Crippen LogP contribution in [0.1, 0.15) is 35.8 Å². The summed E-state index contributed by atoms with van der Waals surface area (Å²) in [5.41, 5.74) is 1.44. The van der Waals surface area contributed by atoms with Crippen LogP contribution in [0.15, 0.2) is 23.6 Å². The fraction of sp³-hybridized carbons (Fsp3) is 0.286. The van der Waals surface area contributed by atoms with Crippen LogP contribution < -0.4 is 0 Å². The standard InChI is InChI=1S/C14H14N2O4S/c1-8(2)12-7-21-13(15-12)9-4-10(14(17)20-3)6-11(5-9)16(18)19/h4-8H,1-3H3. The van der Waals surface area contributed by atoms with Crippen LogP contribution >= 0.6 is 11.3 Å². The number of methoxy groups -OCH3 is 1. The molecule has 0 saturated heterocycles. The molecule has 0 aliphatic rings. The third-order valence-corrected chi connectivity index (χ3v) is 3.82. The second kappa shape index (κ2) is 6.01. The van der Waals surface area contributed by atoms with Crippen LogP contribution in [0.4, 0.5) is 5.69 Å². The van der Waals surface area contributed by atoms with Gasteiger partial charge in [-0.15, -0.1) is 11.3 Å². The van der Waals surface area contributed by atoms with Gasteiger partial charge >= 0.3 is 5.97 Å². The van der Waals surface area contributed by atoms with Gasteiger partial charge < -0.3 is 4.74 Å². The lowest BCUT2D eigenvalue weighted by atomic mass is 10.1. The number of thiazole rings is 1. The molecule has 0 unspecified atom stereocenters. The second-order valence-electron chi connectivity index (χ2n) is 4.75. The first kappa shape index (κ1) is 15.1. The lowest BCUT2D eigenvalue weighted by Crippen LogP contribution is -2.02. The van der Waals surface area contributed by atoms with Gasteiger partial charge in [0, 0.05) is 23.1 Å². The molecular formula is C14H14N2O4S. The molecule has 0 aliphatic heterocycles. The molecule has 0 saturated carbocycles. The van der Waals surface area contributed by atoms with E-state index in [0.29, 0.717) is 10.6 Å². The Morgan fingerprint density at radius 2 is 2.10 bits per heavy atom. The number of carbonyl (C=O) groups is 1. The van der Waals surface area contributed by atoms with Gasteiger partial charge in [-0.05, 0) is 12.0 Å². The number of aromatic nitrogens is 1. The molecule has 7 heteroatoms. The molecule has 0 radical (unpaired) electrons. The lowest BCUT2D eigenvalue weighted by molar-refractivity contribution is -0.384. The molecule has 1 aromatic heterocycles. The fourth-order valence-corrected chi connectivity index (χ4v) is 2.73. The van der Waals surface area contributed by atoms with Crippen molar-refractivity contribution >= 4 is 23.0 Å². The molecule has 1 heterocycles. The Morgan fingerprint density at radius 3 is 2.62 bits per heavy atom. The second-order valence-corrected chi connectivity index (χ2v) is 5.61. The molecule has 1 aromatic carbocycles. The van der Waals surface area contributed by atoms with Crippen molar-refractivity contribution in [3.63, 3.8) is 0 Å². The molecule has 110 valence electrons. The summed E-state index contributed by atoms with van der Waals surface area (Å²) >= 11 is 1.39. The highest BCUT2D eigenvalue weighted by atomic mass is 32.1. The topological polar surface area (TPSA) is 82.3 Å². The zero-order valence-electron chi connectivity index (χ0n) is 11.8. The monoisotopic (exact) mass is 306 g/mol. The van der Waals surface area contributed by atoms with E-state index in [9.17, 15) is 14.9 Å². The summed E-state index contributed by atoms with van der Waals surface area (Å²) in [5.74, 6) is -0.339. The van der Waals surface area contributed by atoms with Crippen molar-refractivity contribution in [1.29, 1.82) is 0 Å². The Morgan fingerprint density at radius 1 is 1.38 bits per heavy atom. The predicted molar refractivity (Wildman–Crippen MR) is 79.6 cm³/mol. The Bertz CT molecular complexity index is 694. The molecular weight excluding hydrogens is 292 g/mol. The van der Waals surface area contributed by atoms with Crippen LogP contribution in [0.5, 0.6) is 0 Å². The van der Waals surface area contributed by atoms with Gasteiger partial charge in [0.1, 0.15) is 5.01 Å². The molecule has 0 fully saturated rings. The number of nitro benzene ring substituents is 1. The number of ether oxygens (including phenoxy) is 1. The van der Waals surface area contributed by atoms with E-state index in [2.05, 4.69) is 9.72 Å². The number of nitrogens with zero attached hydrogens (tertiary/aromatic N) is 2. The van der Waals surface area contributed by atoms with Gasteiger partial charge in [-0.1, -0.05) is 13.8 Å². The van der Waals surface area contributed by atoms with E-state index >= 15 is 0 Å². The van der Waals surface area contributed by atoms with Crippen molar-refractivity contribution in [3.8, 4) is 10.6 Å². The fourth-order valence-electron chi connectivity index (χ4n) is 1.76. The Hall–Kier alpha value is -2.28. The van der Waals surface area contributed by atoms with Crippen molar-refractivity contribution in [2.24, 2.45) is 0 Å². The summed E-state index contributed by atoms with van der Waals surface area (Å²) in [6.45, 7) is 4.04. The molecule has 0 N–H and O–H groups in total. The minimum Gasteiger partial charge on any atom is -0.465 e. The molecule has 0 bridgehead atoms. The first-order chi connectivity index (χ1) is 9.92. The maximum atomic E-state index is 11.6. The average molecular weight is 306 g/mol. The SMILES string of the molecule is COC(=O)c1cc(-c2nc(C(C)C)cs2)cc([N+](=O)[O-])c1. The number of rotatable bonds is 4. The minimum atomic E-state index is -0.611. The van der Waals surface area contributed by atoms with Crippen molar-refractivity contribution in [1.82, 2.24) is 4.98 Å². The van der Waals surface area contributed by atoms with Crippen molar-refractivity contribution in [3.05, 3.63) is 45.0 Å². The largest absolute Gasteiger partial charge is 0.465 e. The van der Waals surface area contributed by atoms with Crippen LogP contribution in [0.3, 0.4) is 0 Å². The summed E-state index contributed by atoms with van der Waals surface area (Å²) < 4.78 is 4.63. The van der Waals surface area contributed by atoms with E-state index in [4.69, 9.17) is 0 Å². The molecule has 2 aromatic rings. The zero-order chi connectivity index (χ0) is 15.6. The third kappa shape index (κ3) is 3.25. The molecule has 0 atom stereocenters. The van der Waals surface area contributed by atoms with E-state index in [0.717, 1.165) is 5.69 Å². The third-order valence-electron chi connectivity index (χ3n) is 2.91. The van der Waals surface area contributed by atoms with Crippen LogP contribution in [0, 0.1) is 10.1 Å². The van der Waals surface area contributed by atoms with Gasteiger partial charge in [0.2, 0.25) is 0 Å². The molecule has 0 spiro atoms. The normalized spacial score (nSPS) is 10.7. The summed E-state index contributed by atoms with van der Waals surface area (Å²) in [4.78, 5) is 26.5. The number of hydrogen-bond donors (Lipinski definition) is 0. The lowest BCUT2D eigenvalue weighted by Gasteiger charge is -2.03. The summed E-state index contributed by atoms with van der Waals surface area (Å²) in [7, 11) is 1.24. The van der Waals surface area contributed by atoms with E-state index in [1.165, 1.54) is 30.6 Å². The number of non-ortho nitro benzene ring substituents is 1. The predicted octanol–water partition coefficient (Wildman–Crippen LogP) is 3.63. The highest BCUT2D eigenvalue weighted by Crippen LogP contribution is 2.30. The van der Waals surface area contributed by atoms with E-state index in [1.807, 2.05) is 19.2 Å². The Balaban J connectivity index is 2.53. The Labute approximate surface area is 125 Å². The highest BCUT2D eigenvalue weighted by molar-refractivity contribution is 7.13. The van der Waals surface area contributed by atoms with Crippen molar-refractivity contribution in [2.75, 3.05) is 7.11 Å². The molecule has 6 nitrogen and oxygen atoms in total. The number of esters is 1.